The number of hydrogen-bond acceptors (Lipinski definition) is 4. The summed E-state index contributed by atoms with van der Waals surface area (Å²) in [6.07, 6.45) is 5.37. The van der Waals surface area contributed by atoms with Crippen molar-refractivity contribution in [3.8, 4) is 11.4 Å². The minimum absolute atomic E-state index is 0.394. The average molecular weight is 217 g/mol. The lowest BCUT2D eigenvalue weighted by Crippen LogP contribution is -1.95. The minimum Gasteiger partial charge on any atom is -0.448 e. The van der Waals surface area contributed by atoms with Gasteiger partial charge in [0.2, 0.25) is 0 Å². The molecule has 0 radical (unpaired) electrons. The fourth-order valence-corrected chi connectivity index (χ4v) is 1.67. The maximum Gasteiger partial charge on any atom is 0.197 e. The molecular formula is C12H15N3O. The Morgan fingerprint density at radius 3 is 2.69 bits per heavy atom. The summed E-state index contributed by atoms with van der Waals surface area (Å²) in [6.45, 7) is 4.28. The van der Waals surface area contributed by atoms with E-state index in [0.29, 0.717) is 5.92 Å². The van der Waals surface area contributed by atoms with Crippen LogP contribution in [0, 0.1) is 0 Å². The van der Waals surface area contributed by atoms with E-state index in [-0.39, 0.29) is 0 Å². The second-order valence-electron chi connectivity index (χ2n) is 3.69. The molecule has 0 unspecified atom stereocenters. The zero-order valence-corrected chi connectivity index (χ0v) is 9.55. The van der Waals surface area contributed by atoms with Crippen molar-refractivity contribution in [3.05, 3.63) is 30.5 Å². The van der Waals surface area contributed by atoms with E-state index in [1.165, 1.54) is 0 Å². The van der Waals surface area contributed by atoms with Gasteiger partial charge in [0.1, 0.15) is 17.7 Å². The van der Waals surface area contributed by atoms with Crippen LogP contribution in [-0.2, 0) is 0 Å². The van der Waals surface area contributed by atoms with Crippen molar-refractivity contribution in [2.75, 3.05) is 0 Å². The first-order chi connectivity index (χ1) is 7.85. The van der Waals surface area contributed by atoms with E-state index in [1.54, 1.807) is 12.5 Å². The lowest BCUT2D eigenvalue weighted by atomic mass is 10.0. The first-order valence-electron chi connectivity index (χ1n) is 5.58. The zero-order valence-electron chi connectivity index (χ0n) is 9.55. The zero-order chi connectivity index (χ0) is 11.4. The maximum atomic E-state index is 5.48. The summed E-state index contributed by atoms with van der Waals surface area (Å²) in [4.78, 5) is 4.45. The Kier molecular flexibility index (Phi) is 3.29. The van der Waals surface area contributed by atoms with Crippen LogP contribution in [0.2, 0.25) is 0 Å². The van der Waals surface area contributed by atoms with Gasteiger partial charge in [-0.2, -0.15) is 5.10 Å². The van der Waals surface area contributed by atoms with Crippen LogP contribution in [0.3, 0.4) is 0 Å². The van der Waals surface area contributed by atoms with E-state index in [4.69, 9.17) is 4.42 Å². The van der Waals surface area contributed by atoms with Gasteiger partial charge in [0.15, 0.2) is 5.89 Å². The molecule has 16 heavy (non-hydrogen) atoms. The largest absolute Gasteiger partial charge is 0.448 e. The van der Waals surface area contributed by atoms with Gasteiger partial charge in [-0.1, -0.05) is 13.8 Å². The number of aromatic nitrogens is 3. The van der Waals surface area contributed by atoms with Crippen LogP contribution < -0.4 is 0 Å². The molecule has 2 rings (SSSR count). The Balaban J connectivity index is 2.26. The molecule has 0 aliphatic rings. The SMILES string of the molecule is CCC(CC)c1nc(-c2cccnn2)co1. The monoisotopic (exact) mass is 217 g/mol. The molecule has 0 N–H and O–H groups in total. The Labute approximate surface area is 94.7 Å². The van der Waals surface area contributed by atoms with Gasteiger partial charge in [0, 0.05) is 12.1 Å². The Hall–Kier alpha value is -1.71. The molecule has 0 aliphatic heterocycles. The molecule has 2 aromatic heterocycles. The number of rotatable bonds is 4. The van der Waals surface area contributed by atoms with Crippen molar-refractivity contribution < 1.29 is 4.42 Å². The second-order valence-corrected chi connectivity index (χ2v) is 3.69. The van der Waals surface area contributed by atoms with Crippen LogP contribution in [0.25, 0.3) is 11.4 Å². The van der Waals surface area contributed by atoms with Gasteiger partial charge >= 0.3 is 0 Å². The summed E-state index contributed by atoms with van der Waals surface area (Å²) in [6, 6.07) is 3.72. The topological polar surface area (TPSA) is 51.8 Å². The van der Waals surface area contributed by atoms with Crippen molar-refractivity contribution in [3.63, 3.8) is 0 Å². The van der Waals surface area contributed by atoms with E-state index < -0.39 is 0 Å². The van der Waals surface area contributed by atoms with Crippen molar-refractivity contribution in [2.45, 2.75) is 32.6 Å². The summed E-state index contributed by atoms with van der Waals surface area (Å²) >= 11 is 0. The summed E-state index contributed by atoms with van der Waals surface area (Å²) < 4.78 is 5.48. The maximum absolute atomic E-state index is 5.48. The van der Waals surface area contributed by atoms with Gasteiger partial charge in [-0.25, -0.2) is 4.98 Å². The molecule has 0 atom stereocenters. The highest BCUT2D eigenvalue weighted by molar-refractivity contribution is 5.51. The number of nitrogens with zero attached hydrogens (tertiary/aromatic N) is 3. The third-order valence-electron chi connectivity index (χ3n) is 2.69. The summed E-state index contributed by atoms with van der Waals surface area (Å²) in [7, 11) is 0. The van der Waals surface area contributed by atoms with Gasteiger partial charge in [-0.3, -0.25) is 0 Å². The lowest BCUT2D eigenvalue weighted by Gasteiger charge is -2.05. The minimum atomic E-state index is 0.394. The summed E-state index contributed by atoms with van der Waals surface area (Å²) in [5.74, 6) is 1.19. The lowest BCUT2D eigenvalue weighted by molar-refractivity contribution is 0.431. The molecular weight excluding hydrogens is 202 g/mol. The first kappa shape index (κ1) is 10.8. The van der Waals surface area contributed by atoms with Crippen molar-refractivity contribution in [2.24, 2.45) is 0 Å². The van der Waals surface area contributed by atoms with E-state index in [0.717, 1.165) is 30.1 Å². The van der Waals surface area contributed by atoms with Gasteiger partial charge in [0.25, 0.3) is 0 Å². The fourth-order valence-electron chi connectivity index (χ4n) is 1.67. The molecule has 0 aliphatic carbocycles. The van der Waals surface area contributed by atoms with Gasteiger partial charge in [-0.05, 0) is 25.0 Å². The van der Waals surface area contributed by atoms with E-state index in [2.05, 4.69) is 29.0 Å². The predicted molar refractivity (Wildman–Crippen MR) is 60.9 cm³/mol. The molecule has 0 amide bonds. The molecule has 0 saturated carbocycles. The third-order valence-corrected chi connectivity index (χ3v) is 2.69. The highest BCUT2D eigenvalue weighted by Crippen LogP contribution is 2.24. The fraction of sp³-hybridized carbons (Fsp3) is 0.417. The van der Waals surface area contributed by atoms with Crippen molar-refractivity contribution in [1.29, 1.82) is 0 Å². The van der Waals surface area contributed by atoms with Gasteiger partial charge in [-0.15, -0.1) is 5.10 Å². The molecule has 84 valence electrons. The van der Waals surface area contributed by atoms with E-state index >= 15 is 0 Å². The Morgan fingerprint density at radius 1 is 1.25 bits per heavy atom. The highest BCUT2D eigenvalue weighted by Gasteiger charge is 2.14. The van der Waals surface area contributed by atoms with Crippen LogP contribution in [0.15, 0.2) is 29.0 Å². The van der Waals surface area contributed by atoms with Crippen LogP contribution in [0.4, 0.5) is 0 Å². The molecule has 2 heterocycles. The van der Waals surface area contributed by atoms with Crippen LogP contribution in [0.1, 0.15) is 38.5 Å². The van der Waals surface area contributed by atoms with E-state index in [1.807, 2.05) is 12.1 Å². The van der Waals surface area contributed by atoms with Crippen molar-refractivity contribution in [1.82, 2.24) is 15.2 Å². The molecule has 0 bridgehead atoms. The number of oxazole rings is 1. The molecule has 2 aromatic rings. The average Bonchev–Trinajstić information content (AvgIpc) is 2.81. The van der Waals surface area contributed by atoms with Gasteiger partial charge < -0.3 is 4.42 Å². The smallest absolute Gasteiger partial charge is 0.197 e. The molecule has 0 saturated heterocycles. The highest BCUT2D eigenvalue weighted by atomic mass is 16.3. The standard InChI is InChI=1S/C12H15N3O/c1-3-9(4-2)12-14-11(8-16-12)10-6-5-7-13-15-10/h5-9H,3-4H2,1-2H3. The first-order valence-corrected chi connectivity index (χ1v) is 5.58. The Bertz CT molecular complexity index is 435. The van der Waals surface area contributed by atoms with E-state index in [9.17, 15) is 0 Å². The van der Waals surface area contributed by atoms with Gasteiger partial charge in [0.05, 0.1) is 0 Å². The van der Waals surface area contributed by atoms with Crippen LogP contribution >= 0.6 is 0 Å². The molecule has 4 heteroatoms. The summed E-state index contributed by atoms with van der Waals surface area (Å²) in [5, 5.41) is 7.82. The van der Waals surface area contributed by atoms with Crippen LogP contribution in [-0.4, -0.2) is 15.2 Å². The molecule has 0 spiro atoms. The Morgan fingerprint density at radius 2 is 2.06 bits per heavy atom. The second kappa shape index (κ2) is 4.88. The molecule has 4 nitrogen and oxygen atoms in total. The predicted octanol–water partition coefficient (Wildman–Crippen LogP) is 3.04. The normalized spacial score (nSPS) is 10.9. The third kappa shape index (κ3) is 2.10. The molecule has 0 fully saturated rings. The number of hydrogen-bond donors (Lipinski definition) is 0. The quantitative estimate of drug-likeness (QED) is 0.789. The van der Waals surface area contributed by atoms with Crippen LogP contribution in [0.5, 0.6) is 0 Å². The van der Waals surface area contributed by atoms with Crippen molar-refractivity contribution >= 4 is 0 Å². The molecule has 0 aromatic carbocycles. The summed E-state index contributed by atoms with van der Waals surface area (Å²) in [5.41, 5.74) is 1.51.